The minimum atomic E-state index is 0. The molecule has 0 aliphatic heterocycles. The van der Waals surface area contributed by atoms with E-state index in [0.717, 1.165) is 23.5 Å². The van der Waals surface area contributed by atoms with Gasteiger partial charge in [0.25, 0.3) is 5.89 Å². The average Bonchev–Trinajstić information content (AvgIpc) is 3.20. The Labute approximate surface area is 153 Å². The number of para-hydroxylation sites is 1. The minimum absolute atomic E-state index is 0. The molecule has 1 fully saturated rings. The Morgan fingerprint density at radius 3 is 2.72 bits per heavy atom. The monoisotopic (exact) mass is 359 g/mol. The number of hydrogen-bond acceptors (Lipinski definition) is 5. The van der Waals surface area contributed by atoms with Crippen LogP contribution in [0.25, 0.3) is 17.3 Å². The maximum atomic E-state index is 5.52. The molecule has 132 valence electrons. The molecule has 2 aromatic heterocycles. The Morgan fingerprint density at radius 2 is 2.04 bits per heavy atom. The third-order valence-electron chi connectivity index (χ3n) is 4.39. The zero-order valence-electron chi connectivity index (χ0n) is 14.3. The fourth-order valence-electron chi connectivity index (χ4n) is 2.71. The van der Waals surface area contributed by atoms with Crippen LogP contribution in [0.15, 0.2) is 40.9 Å². The largest absolute Gasteiger partial charge is 0.332 e. The van der Waals surface area contributed by atoms with E-state index < -0.39 is 0 Å². The summed E-state index contributed by atoms with van der Waals surface area (Å²) in [6.45, 7) is 2.09. The Hall–Kier alpha value is -2.18. The lowest BCUT2D eigenvalue weighted by molar-refractivity contribution is 0.416. The van der Waals surface area contributed by atoms with Gasteiger partial charge in [0.15, 0.2) is 5.82 Å². The number of nitrogens with one attached hydrogen (secondary N) is 1. The molecule has 0 spiro atoms. The van der Waals surface area contributed by atoms with E-state index in [2.05, 4.69) is 28.4 Å². The lowest BCUT2D eigenvalue weighted by atomic mass is 10.2. The molecule has 6 nitrogen and oxygen atoms in total. The van der Waals surface area contributed by atoms with Gasteiger partial charge in [-0.15, -0.1) is 12.4 Å². The Balaban J connectivity index is 0.00000182. The minimum Gasteiger partial charge on any atom is -0.332 e. The molecule has 7 heteroatoms. The molecule has 0 amide bonds. The first-order valence-corrected chi connectivity index (χ1v) is 8.40. The van der Waals surface area contributed by atoms with Crippen LogP contribution in [-0.2, 0) is 6.42 Å². The quantitative estimate of drug-likeness (QED) is 0.730. The Morgan fingerprint density at radius 1 is 1.28 bits per heavy atom. The smallest absolute Gasteiger partial charge is 0.276 e. The molecule has 2 heterocycles. The summed E-state index contributed by atoms with van der Waals surface area (Å²) in [6, 6.07) is 12.5. The molecular weight excluding hydrogens is 338 g/mol. The summed E-state index contributed by atoms with van der Waals surface area (Å²) in [5.41, 5.74) is 2.97. The molecule has 4 rings (SSSR count). The number of likely N-dealkylation sites (N-methyl/N-ethyl adjacent to an activating group) is 1. The molecule has 1 aromatic carbocycles. The van der Waals surface area contributed by atoms with E-state index in [9.17, 15) is 0 Å². The second-order valence-electron chi connectivity index (χ2n) is 6.39. The van der Waals surface area contributed by atoms with Crippen LogP contribution in [0.5, 0.6) is 0 Å². The van der Waals surface area contributed by atoms with Gasteiger partial charge >= 0.3 is 0 Å². The van der Waals surface area contributed by atoms with Crippen molar-refractivity contribution in [1.29, 1.82) is 0 Å². The van der Waals surface area contributed by atoms with E-state index in [4.69, 9.17) is 9.62 Å². The third kappa shape index (κ3) is 3.75. The van der Waals surface area contributed by atoms with Crippen molar-refractivity contribution in [3.63, 3.8) is 0 Å². The van der Waals surface area contributed by atoms with Gasteiger partial charge in [-0.3, -0.25) is 0 Å². The molecule has 0 bridgehead atoms. The van der Waals surface area contributed by atoms with Gasteiger partial charge in [-0.05, 0) is 45.0 Å². The highest BCUT2D eigenvalue weighted by Crippen LogP contribution is 2.40. The van der Waals surface area contributed by atoms with Crippen LogP contribution in [0.4, 0.5) is 0 Å². The van der Waals surface area contributed by atoms with Gasteiger partial charge in [0, 0.05) is 18.4 Å². The molecule has 1 aliphatic rings. The standard InChI is InChI=1S/C18H21N5O.ClH/c1-12(19-2)10-17-20-18(24-22-17)16-11-15(13-8-9-13)21-23(16)14-6-4-3-5-7-14;/h3-7,11-13,19H,8-10H2,1-2H3;1H. The zero-order valence-corrected chi connectivity index (χ0v) is 15.2. The summed E-state index contributed by atoms with van der Waals surface area (Å²) < 4.78 is 7.43. The van der Waals surface area contributed by atoms with Crippen molar-refractivity contribution in [2.75, 3.05) is 7.05 Å². The molecule has 0 radical (unpaired) electrons. The normalized spacial score (nSPS) is 15.0. The van der Waals surface area contributed by atoms with Gasteiger partial charge < -0.3 is 9.84 Å². The van der Waals surface area contributed by atoms with Gasteiger partial charge in [0.05, 0.1) is 11.4 Å². The second-order valence-corrected chi connectivity index (χ2v) is 6.39. The van der Waals surface area contributed by atoms with Crippen LogP contribution in [-0.4, -0.2) is 33.0 Å². The molecule has 3 aromatic rings. The summed E-state index contributed by atoms with van der Waals surface area (Å²) in [7, 11) is 1.93. The van der Waals surface area contributed by atoms with Gasteiger partial charge in [0.2, 0.25) is 0 Å². The number of rotatable bonds is 6. The van der Waals surface area contributed by atoms with Crippen LogP contribution < -0.4 is 5.32 Å². The zero-order chi connectivity index (χ0) is 16.5. The van der Waals surface area contributed by atoms with E-state index in [-0.39, 0.29) is 12.4 Å². The van der Waals surface area contributed by atoms with E-state index in [1.54, 1.807) is 0 Å². The van der Waals surface area contributed by atoms with Crippen molar-refractivity contribution in [1.82, 2.24) is 25.2 Å². The predicted molar refractivity (Wildman–Crippen MR) is 98.3 cm³/mol. The van der Waals surface area contributed by atoms with Gasteiger partial charge in [-0.25, -0.2) is 4.68 Å². The van der Waals surface area contributed by atoms with Crippen LogP contribution in [0, 0.1) is 0 Å². The van der Waals surface area contributed by atoms with Crippen molar-refractivity contribution in [3.05, 3.63) is 47.9 Å². The second kappa shape index (κ2) is 7.37. The van der Waals surface area contributed by atoms with Gasteiger partial charge in [-0.2, -0.15) is 10.1 Å². The number of nitrogens with zero attached hydrogens (tertiary/aromatic N) is 4. The highest BCUT2D eigenvalue weighted by molar-refractivity contribution is 5.85. The molecular formula is C18H22ClN5O. The van der Waals surface area contributed by atoms with Crippen molar-refractivity contribution in [2.45, 2.75) is 38.1 Å². The van der Waals surface area contributed by atoms with Crippen LogP contribution >= 0.6 is 12.4 Å². The average molecular weight is 360 g/mol. The summed E-state index contributed by atoms with van der Waals surface area (Å²) in [5, 5.41) is 12.1. The number of hydrogen-bond donors (Lipinski definition) is 1. The summed E-state index contributed by atoms with van der Waals surface area (Å²) in [5.74, 6) is 1.80. The molecule has 0 saturated heterocycles. The highest BCUT2D eigenvalue weighted by Gasteiger charge is 2.29. The lowest BCUT2D eigenvalue weighted by Crippen LogP contribution is -2.24. The van der Waals surface area contributed by atoms with Crippen LogP contribution in [0.3, 0.4) is 0 Å². The fraction of sp³-hybridized carbons (Fsp3) is 0.389. The first kappa shape index (κ1) is 17.6. The lowest BCUT2D eigenvalue weighted by Gasteiger charge is -2.05. The van der Waals surface area contributed by atoms with E-state index in [1.807, 2.05) is 42.1 Å². The molecule has 25 heavy (non-hydrogen) atoms. The summed E-state index contributed by atoms with van der Waals surface area (Å²) in [6.07, 6.45) is 3.15. The summed E-state index contributed by atoms with van der Waals surface area (Å²) >= 11 is 0. The molecule has 1 saturated carbocycles. The van der Waals surface area contributed by atoms with Crippen molar-refractivity contribution in [3.8, 4) is 17.3 Å². The van der Waals surface area contributed by atoms with Crippen molar-refractivity contribution >= 4 is 12.4 Å². The van der Waals surface area contributed by atoms with Crippen molar-refractivity contribution in [2.24, 2.45) is 0 Å². The predicted octanol–water partition coefficient (Wildman–Crippen LogP) is 3.37. The first-order valence-electron chi connectivity index (χ1n) is 8.40. The Bertz CT molecular complexity index is 825. The maximum Gasteiger partial charge on any atom is 0.276 e. The van der Waals surface area contributed by atoms with Crippen LogP contribution in [0.2, 0.25) is 0 Å². The number of benzene rings is 1. The molecule has 1 atom stereocenters. The fourth-order valence-corrected chi connectivity index (χ4v) is 2.71. The summed E-state index contributed by atoms with van der Waals surface area (Å²) in [4.78, 5) is 4.57. The third-order valence-corrected chi connectivity index (χ3v) is 4.39. The van der Waals surface area contributed by atoms with E-state index in [0.29, 0.717) is 23.7 Å². The van der Waals surface area contributed by atoms with E-state index >= 15 is 0 Å². The van der Waals surface area contributed by atoms with E-state index in [1.165, 1.54) is 12.8 Å². The van der Waals surface area contributed by atoms with Gasteiger partial charge in [-0.1, -0.05) is 23.4 Å². The van der Waals surface area contributed by atoms with Crippen molar-refractivity contribution < 1.29 is 4.52 Å². The Kier molecular flexibility index (Phi) is 5.20. The molecule has 1 unspecified atom stereocenters. The molecule has 1 N–H and O–H groups in total. The van der Waals surface area contributed by atoms with Crippen LogP contribution in [0.1, 0.15) is 37.2 Å². The molecule has 1 aliphatic carbocycles. The number of halogens is 1. The first-order chi connectivity index (χ1) is 11.7. The topological polar surface area (TPSA) is 68.8 Å². The SMILES string of the molecule is CNC(C)Cc1noc(-c2cc(C3CC3)nn2-c2ccccc2)n1.Cl. The van der Waals surface area contributed by atoms with Gasteiger partial charge in [0.1, 0.15) is 5.69 Å². The highest BCUT2D eigenvalue weighted by atomic mass is 35.5. The number of aromatic nitrogens is 4. The maximum absolute atomic E-state index is 5.52.